The van der Waals surface area contributed by atoms with Crippen LogP contribution in [0.25, 0.3) is 88.0 Å². The quantitative estimate of drug-likeness (QED) is 0.139. The third-order valence-corrected chi connectivity index (χ3v) is 12.1. The molecule has 0 spiro atoms. The van der Waals surface area contributed by atoms with Crippen molar-refractivity contribution in [2.75, 3.05) is 4.90 Å². The molecule has 61 heavy (non-hydrogen) atoms. The first-order chi connectivity index (χ1) is 30.2. The van der Waals surface area contributed by atoms with Gasteiger partial charge < -0.3 is 4.90 Å². The molecule has 0 bridgehead atoms. The van der Waals surface area contributed by atoms with Crippen LogP contribution in [0.5, 0.6) is 0 Å². The molecule has 286 valence electrons. The molecule has 0 atom stereocenters. The van der Waals surface area contributed by atoms with Gasteiger partial charge in [-0.1, -0.05) is 212 Å². The molecule has 0 heterocycles. The van der Waals surface area contributed by atoms with Crippen LogP contribution >= 0.6 is 0 Å². The van der Waals surface area contributed by atoms with E-state index in [1.54, 1.807) is 0 Å². The van der Waals surface area contributed by atoms with E-state index in [0.29, 0.717) is 0 Å². The zero-order valence-electron chi connectivity index (χ0n) is 33.6. The highest BCUT2D eigenvalue weighted by atomic mass is 15.1. The van der Waals surface area contributed by atoms with Crippen molar-refractivity contribution in [3.63, 3.8) is 0 Å². The number of fused-ring (bicyclic) bond motifs is 4. The maximum absolute atomic E-state index is 2.42. The fourth-order valence-corrected chi connectivity index (χ4v) is 9.02. The highest BCUT2D eigenvalue weighted by Gasteiger charge is 2.19. The molecule has 11 aromatic carbocycles. The highest BCUT2D eigenvalue weighted by Crippen LogP contribution is 2.44. The van der Waals surface area contributed by atoms with Crippen LogP contribution in [-0.4, -0.2) is 0 Å². The van der Waals surface area contributed by atoms with Gasteiger partial charge in [-0.3, -0.25) is 0 Å². The molecule has 0 fully saturated rings. The average molecular weight is 776 g/mol. The predicted octanol–water partition coefficient (Wildman–Crippen LogP) is 17.0. The average Bonchev–Trinajstić information content (AvgIpc) is 3.35. The molecule has 0 radical (unpaired) electrons. The Morgan fingerprint density at radius 3 is 1.34 bits per heavy atom. The summed E-state index contributed by atoms with van der Waals surface area (Å²) in [5.41, 5.74) is 15.4. The second kappa shape index (κ2) is 15.6. The first-order valence-corrected chi connectivity index (χ1v) is 21.0. The van der Waals surface area contributed by atoms with Crippen LogP contribution in [0, 0.1) is 0 Å². The minimum Gasteiger partial charge on any atom is -0.310 e. The van der Waals surface area contributed by atoms with Crippen molar-refractivity contribution in [1.29, 1.82) is 0 Å². The van der Waals surface area contributed by atoms with Crippen molar-refractivity contribution in [3.8, 4) is 55.6 Å². The van der Waals surface area contributed by atoms with Crippen molar-refractivity contribution in [1.82, 2.24) is 0 Å². The predicted molar refractivity (Wildman–Crippen MR) is 261 cm³/mol. The van der Waals surface area contributed by atoms with Crippen molar-refractivity contribution < 1.29 is 0 Å². The third kappa shape index (κ3) is 6.83. The normalized spacial score (nSPS) is 11.3. The smallest absolute Gasteiger partial charge is 0.0546 e. The second-order valence-corrected chi connectivity index (χ2v) is 15.7. The Morgan fingerprint density at radius 1 is 0.213 bits per heavy atom. The summed E-state index contributed by atoms with van der Waals surface area (Å²) >= 11 is 0. The van der Waals surface area contributed by atoms with Crippen LogP contribution in [0.2, 0.25) is 0 Å². The van der Waals surface area contributed by atoms with Gasteiger partial charge in [0.25, 0.3) is 0 Å². The Balaban J connectivity index is 1.01. The van der Waals surface area contributed by atoms with Gasteiger partial charge in [0.2, 0.25) is 0 Å². The Bertz CT molecular complexity index is 3310. The molecule has 0 N–H and O–H groups in total. The molecule has 11 aromatic rings. The molecule has 0 amide bonds. The molecule has 0 saturated carbocycles. The molecule has 0 aliphatic heterocycles. The van der Waals surface area contributed by atoms with Crippen LogP contribution in [0.4, 0.5) is 17.1 Å². The first kappa shape index (κ1) is 36.1. The summed E-state index contributed by atoms with van der Waals surface area (Å²) in [6.07, 6.45) is 0. The van der Waals surface area contributed by atoms with Crippen LogP contribution in [-0.2, 0) is 0 Å². The molecule has 0 aliphatic rings. The maximum atomic E-state index is 2.42. The summed E-state index contributed by atoms with van der Waals surface area (Å²) in [6, 6.07) is 90.4. The van der Waals surface area contributed by atoms with Gasteiger partial charge in [-0.15, -0.1) is 0 Å². The zero-order chi connectivity index (χ0) is 40.5. The number of benzene rings is 11. The number of hydrogen-bond donors (Lipinski definition) is 0. The molecule has 11 rings (SSSR count). The first-order valence-electron chi connectivity index (χ1n) is 21.0. The number of nitrogens with zero attached hydrogens (tertiary/aromatic N) is 1. The van der Waals surface area contributed by atoms with E-state index in [2.05, 4.69) is 254 Å². The molecule has 0 unspecified atom stereocenters. The maximum Gasteiger partial charge on any atom is 0.0546 e. The van der Waals surface area contributed by atoms with Gasteiger partial charge in [0.05, 0.1) is 5.69 Å². The molecule has 1 nitrogen and oxygen atoms in total. The summed E-state index contributed by atoms with van der Waals surface area (Å²) in [4.78, 5) is 2.42. The molecular weight excluding hydrogens is 735 g/mol. The van der Waals surface area contributed by atoms with Crippen molar-refractivity contribution in [2.45, 2.75) is 0 Å². The molecule has 0 aromatic heterocycles. The summed E-state index contributed by atoms with van der Waals surface area (Å²) in [5, 5.41) is 7.45. The van der Waals surface area contributed by atoms with Gasteiger partial charge >= 0.3 is 0 Å². The van der Waals surface area contributed by atoms with E-state index in [4.69, 9.17) is 0 Å². The summed E-state index contributed by atoms with van der Waals surface area (Å²) in [6.45, 7) is 0. The van der Waals surface area contributed by atoms with E-state index < -0.39 is 0 Å². The molecular formula is C60H41N. The monoisotopic (exact) mass is 775 g/mol. The minimum atomic E-state index is 1.09. The van der Waals surface area contributed by atoms with Crippen LogP contribution in [0.15, 0.2) is 249 Å². The highest BCUT2D eigenvalue weighted by molar-refractivity contribution is 6.14. The van der Waals surface area contributed by atoms with E-state index in [1.165, 1.54) is 88.0 Å². The van der Waals surface area contributed by atoms with E-state index in [9.17, 15) is 0 Å². The summed E-state index contributed by atoms with van der Waals surface area (Å²) in [5.74, 6) is 0. The van der Waals surface area contributed by atoms with Crippen LogP contribution in [0.3, 0.4) is 0 Å². The lowest BCUT2D eigenvalue weighted by molar-refractivity contribution is 1.30. The van der Waals surface area contributed by atoms with E-state index in [-0.39, 0.29) is 0 Å². The lowest BCUT2D eigenvalue weighted by atomic mass is 9.91. The van der Waals surface area contributed by atoms with Crippen LogP contribution in [0.1, 0.15) is 0 Å². The van der Waals surface area contributed by atoms with Gasteiger partial charge in [-0.05, 0) is 119 Å². The lowest BCUT2D eigenvalue weighted by Gasteiger charge is -2.28. The molecule has 0 aliphatic carbocycles. The summed E-state index contributed by atoms with van der Waals surface area (Å²) < 4.78 is 0. The fraction of sp³-hybridized carbons (Fsp3) is 0. The third-order valence-electron chi connectivity index (χ3n) is 12.1. The van der Waals surface area contributed by atoms with Gasteiger partial charge in [-0.2, -0.15) is 0 Å². The van der Waals surface area contributed by atoms with Gasteiger partial charge in [-0.25, -0.2) is 0 Å². The Hall–Kier alpha value is -8.00. The number of anilines is 3. The van der Waals surface area contributed by atoms with E-state index in [0.717, 1.165) is 17.1 Å². The molecule has 1 heteroatoms. The number of hydrogen-bond acceptors (Lipinski definition) is 1. The lowest BCUT2D eigenvalue weighted by Crippen LogP contribution is -2.10. The number of rotatable bonds is 8. The Morgan fingerprint density at radius 2 is 0.656 bits per heavy atom. The SMILES string of the molecule is c1ccc(-c2ccc(-c3ccccc3)c(-c3ccc(N(c4ccc(-c5ccc(-c6cccc7ccccc67)cc5)cc4)c4cc5ccccc5c5ccccc45)cc3)c2)cc1. The van der Waals surface area contributed by atoms with Crippen molar-refractivity contribution >= 4 is 49.4 Å². The fourth-order valence-electron chi connectivity index (χ4n) is 9.02. The van der Waals surface area contributed by atoms with Crippen LogP contribution < -0.4 is 4.90 Å². The van der Waals surface area contributed by atoms with Crippen molar-refractivity contribution in [3.05, 3.63) is 249 Å². The minimum absolute atomic E-state index is 1.09. The van der Waals surface area contributed by atoms with Gasteiger partial charge in [0, 0.05) is 16.8 Å². The standard InChI is InChI=1S/C60H41N/c1-3-14-42(15-4-1)49-34-39-56(45-16-5-2-6-17-45)59(40-49)48-32-37-52(38-33-48)61(60-41-50-19-8-10-22-55(50)57-23-11-12-24-58(57)60)51-35-30-44(31-36-51)43-26-28-47(29-27-43)54-25-13-20-46-18-7-9-21-53(46)54/h1-41H. The van der Waals surface area contributed by atoms with Crippen molar-refractivity contribution in [2.24, 2.45) is 0 Å². The summed E-state index contributed by atoms with van der Waals surface area (Å²) in [7, 11) is 0. The Kier molecular flexibility index (Phi) is 9.26. The zero-order valence-corrected chi connectivity index (χ0v) is 33.6. The molecule has 0 saturated heterocycles. The topological polar surface area (TPSA) is 3.24 Å². The largest absolute Gasteiger partial charge is 0.310 e. The van der Waals surface area contributed by atoms with E-state index >= 15 is 0 Å². The van der Waals surface area contributed by atoms with Gasteiger partial charge in [0.1, 0.15) is 0 Å². The Labute approximate surface area is 357 Å². The van der Waals surface area contributed by atoms with E-state index in [1.807, 2.05) is 0 Å². The van der Waals surface area contributed by atoms with Gasteiger partial charge in [0.15, 0.2) is 0 Å². The second-order valence-electron chi connectivity index (χ2n) is 15.7.